The number of nitrogens with one attached hydrogen (secondary N) is 1. The predicted octanol–water partition coefficient (Wildman–Crippen LogP) is 1.96. The highest BCUT2D eigenvalue weighted by molar-refractivity contribution is 4.78. The Morgan fingerprint density at radius 3 is 2.47 bits per heavy atom. The summed E-state index contributed by atoms with van der Waals surface area (Å²) in [7, 11) is 1.76. The molecule has 1 aliphatic heterocycles. The van der Waals surface area contributed by atoms with Crippen molar-refractivity contribution >= 4 is 0 Å². The van der Waals surface area contributed by atoms with Crippen LogP contribution < -0.4 is 5.32 Å². The van der Waals surface area contributed by atoms with Crippen LogP contribution in [0.5, 0.6) is 0 Å². The fourth-order valence-electron chi connectivity index (χ4n) is 2.25. The van der Waals surface area contributed by atoms with E-state index in [4.69, 9.17) is 9.47 Å². The lowest BCUT2D eigenvalue weighted by Crippen LogP contribution is -2.41. The van der Waals surface area contributed by atoms with E-state index < -0.39 is 0 Å². The highest BCUT2D eigenvalue weighted by atomic mass is 16.5. The quantitative estimate of drug-likeness (QED) is 0.687. The summed E-state index contributed by atoms with van der Waals surface area (Å²) in [5, 5.41) is 3.61. The minimum Gasteiger partial charge on any atom is -0.385 e. The molecule has 0 spiro atoms. The molecule has 0 amide bonds. The fourth-order valence-corrected chi connectivity index (χ4v) is 2.25. The second kappa shape index (κ2) is 7.20. The first-order valence-corrected chi connectivity index (χ1v) is 6.10. The van der Waals surface area contributed by atoms with E-state index in [1.54, 1.807) is 7.11 Å². The average Bonchev–Trinajstić information content (AvgIpc) is 2.16. The topological polar surface area (TPSA) is 30.5 Å². The van der Waals surface area contributed by atoms with Crippen LogP contribution in [-0.2, 0) is 9.47 Å². The van der Waals surface area contributed by atoms with Gasteiger partial charge in [-0.25, -0.2) is 0 Å². The van der Waals surface area contributed by atoms with Crippen LogP contribution in [0.25, 0.3) is 0 Å². The van der Waals surface area contributed by atoms with Gasteiger partial charge in [-0.3, -0.25) is 0 Å². The molecule has 2 atom stereocenters. The summed E-state index contributed by atoms with van der Waals surface area (Å²) in [6.45, 7) is 6.31. The number of unbranched alkanes of at least 4 members (excludes halogenated alkanes) is 1. The minimum atomic E-state index is 0.408. The molecule has 1 N–H and O–H groups in total. The van der Waals surface area contributed by atoms with Gasteiger partial charge in [-0.15, -0.1) is 0 Å². The third-order valence-corrected chi connectivity index (χ3v) is 2.91. The maximum atomic E-state index is 5.70. The highest BCUT2D eigenvalue weighted by Crippen LogP contribution is 2.18. The molecule has 1 fully saturated rings. The van der Waals surface area contributed by atoms with Crippen LogP contribution in [0.2, 0.25) is 0 Å². The van der Waals surface area contributed by atoms with Crippen molar-refractivity contribution in [1.82, 2.24) is 5.32 Å². The van der Waals surface area contributed by atoms with Crippen molar-refractivity contribution < 1.29 is 9.47 Å². The Hall–Kier alpha value is -0.120. The van der Waals surface area contributed by atoms with Crippen LogP contribution in [0, 0.1) is 0 Å². The third kappa shape index (κ3) is 5.50. The fraction of sp³-hybridized carbons (Fsp3) is 1.00. The largest absolute Gasteiger partial charge is 0.385 e. The minimum absolute atomic E-state index is 0.408. The van der Waals surface area contributed by atoms with Crippen molar-refractivity contribution in [3.8, 4) is 0 Å². The molecule has 0 aromatic carbocycles. The molecule has 3 nitrogen and oxygen atoms in total. The standard InChI is InChI=1S/C12H25NO2/c1-10-8-12(9-11(2)15-10)13-6-4-5-7-14-3/h10-13H,4-9H2,1-3H3/t10-,11-/m0/s1. The molecular formula is C12H25NO2. The third-order valence-electron chi connectivity index (χ3n) is 2.91. The number of methoxy groups -OCH3 is 1. The lowest BCUT2D eigenvalue weighted by Gasteiger charge is -2.32. The van der Waals surface area contributed by atoms with E-state index in [-0.39, 0.29) is 0 Å². The zero-order valence-corrected chi connectivity index (χ0v) is 10.3. The smallest absolute Gasteiger partial charge is 0.0565 e. The molecule has 1 saturated heterocycles. The van der Waals surface area contributed by atoms with Crippen LogP contribution in [0.15, 0.2) is 0 Å². The maximum absolute atomic E-state index is 5.70. The van der Waals surface area contributed by atoms with E-state index in [1.807, 2.05) is 0 Å². The lowest BCUT2D eigenvalue weighted by atomic mass is 10.00. The summed E-state index contributed by atoms with van der Waals surface area (Å²) in [4.78, 5) is 0. The van der Waals surface area contributed by atoms with Gasteiger partial charge in [0.15, 0.2) is 0 Å². The molecule has 1 rings (SSSR count). The van der Waals surface area contributed by atoms with Gasteiger partial charge in [0.25, 0.3) is 0 Å². The van der Waals surface area contributed by atoms with Gasteiger partial charge >= 0.3 is 0 Å². The number of hydrogen-bond acceptors (Lipinski definition) is 3. The van der Waals surface area contributed by atoms with Gasteiger partial charge in [0.05, 0.1) is 12.2 Å². The number of rotatable bonds is 6. The van der Waals surface area contributed by atoms with Gasteiger partial charge in [0.2, 0.25) is 0 Å². The second-order valence-corrected chi connectivity index (χ2v) is 4.58. The summed E-state index contributed by atoms with van der Waals surface area (Å²) < 4.78 is 10.7. The van der Waals surface area contributed by atoms with E-state index in [0.29, 0.717) is 18.2 Å². The second-order valence-electron chi connectivity index (χ2n) is 4.58. The van der Waals surface area contributed by atoms with Gasteiger partial charge in [0.1, 0.15) is 0 Å². The molecule has 90 valence electrons. The molecule has 0 aromatic rings. The summed E-state index contributed by atoms with van der Waals surface area (Å²) in [6, 6.07) is 0.645. The first kappa shape index (κ1) is 12.9. The Balaban J connectivity index is 2.04. The van der Waals surface area contributed by atoms with Crippen molar-refractivity contribution in [3.05, 3.63) is 0 Å². The molecule has 15 heavy (non-hydrogen) atoms. The van der Waals surface area contributed by atoms with Crippen LogP contribution in [-0.4, -0.2) is 38.5 Å². The van der Waals surface area contributed by atoms with Crippen LogP contribution in [0.3, 0.4) is 0 Å². The summed E-state index contributed by atoms with van der Waals surface area (Å²) in [5.41, 5.74) is 0. The van der Waals surface area contributed by atoms with Crippen molar-refractivity contribution in [1.29, 1.82) is 0 Å². The van der Waals surface area contributed by atoms with Crippen molar-refractivity contribution in [2.75, 3.05) is 20.3 Å². The van der Waals surface area contributed by atoms with Gasteiger partial charge in [0, 0.05) is 19.8 Å². The molecule has 0 unspecified atom stereocenters. The Morgan fingerprint density at radius 1 is 1.20 bits per heavy atom. The molecule has 0 saturated carbocycles. The summed E-state index contributed by atoms with van der Waals surface area (Å²) in [6.07, 6.45) is 5.46. The molecule has 0 radical (unpaired) electrons. The van der Waals surface area contributed by atoms with Crippen molar-refractivity contribution in [3.63, 3.8) is 0 Å². The van der Waals surface area contributed by atoms with Gasteiger partial charge in [-0.2, -0.15) is 0 Å². The van der Waals surface area contributed by atoms with Crippen molar-refractivity contribution in [2.45, 2.75) is 57.8 Å². The van der Waals surface area contributed by atoms with Gasteiger partial charge in [-0.05, 0) is 46.1 Å². The summed E-state index contributed by atoms with van der Waals surface area (Å²) in [5.74, 6) is 0. The predicted molar refractivity (Wildman–Crippen MR) is 62.1 cm³/mol. The van der Waals surface area contributed by atoms with E-state index in [2.05, 4.69) is 19.2 Å². The molecule has 0 aliphatic carbocycles. The van der Waals surface area contributed by atoms with Crippen LogP contribution in [0.4, 0.5) is 0 Å². The van der Waals surface area contributed by atoms with E-state index >= 15 is 0 Å². The Morgan fingerprint density at radius 2 is 1.87 bits per heavy atom. The monoisotopic (exact) mass is 215 g/mol. The maximum Gasteiger partial charge on any atom is 0.0565 e. The van der Waals surface area contributed by atoms with E-state index in [0.717, 1.165) is 32.4 Å². The first-order valence-electron chi connectivity index (χ1n) is 6.10. The molecule has 1 heterocycles. The van der Waals surface area contributed by atoms with Crippen LogP contribution >= 0.6 is 0 Å². The normalized spacial score (nSPS) is 31.8. The molecule has 0 bridgehead atoms. The van der Waals surface area contributed by atoms with Crippen LogP contribution in [0.1, 0.15) is 39.5 Å². The molecule has 3 heteroatoms. The Labute approximate surface area is 93.5 Å². The summed E-state index contributed by atoms with van der Waals surface area (Å²) >= 11 is 0. The first-order chi connectivity index (χ1) is 7.22. The highest BCUT2D eigenvalue weighted by Gasteiger charge is 2.23. The van der Waals surface area contributed by atoms with E-state index in [9.17, 15) is 0 Å². The molecule has 0 aromatic heterocycles. The van der Waals surface area contributed by atoms with Gasteiger partial charge in [-0.1, -0.05) is 0 Å². The average molecular weight is 215 g/mol. The lowest BCUT2D eigenvalue weighted by molar-refractivity contribution is -0.0420. The number of ether oxygens (including phenoxy) is 2. The zero-order valence-electron chi connectivity index (χ0n) is 10.3. The Kier molecular flexibility index (Phi) is 6.22. The zero-order chi connectivity index (χ0) is 11.1. The molecular weight excluding hydrogens is 190 g/mol. The van der Waals surface area contributed by atoms with Gasteiger partial charge < -0.3 is 14.8 Å². The van der Waals surface area contributed by atoms with Crippen molar-refractivity contribution in [2.24, 2.45) is 0 Å². The SMILES string of the molecule is COCCCCNC1C[C@H](C)O[C@@H](C)C1. The number of hydrogen-bond donors (Lipinski definition) is 1. The van der Waals surface area contributed by atoms with E-state index in [1.165, 1.54) is 6.42 Å². The molecule has 1 aliphatic rings. The Bertz CT molecular complexity index is 154.